The summed E-state index contributed by atoms with van der Waals surface area (Å²) in [5.74, 6) is -0.431. The average Bonchev–Trinajstić information content (AvgIpc) is 2.96. The number of nitro groups is 1. The molecule has 1 heterocycles. The van der Waals surface area contributed by atoms with Crippen LogP contribution in [0.1, 0.15) is 10.4 Å². The first-order chi connectivity index (χ1) is 12.5. The summed E-state index contributed by atoms with van der Waals surface area (Å²) < 4.78 is 7.65. The van der Waals surface area contributed by atoms with Crippen LogP contribution in [0, 0.1) is 10.1 Å². The molecule has 3 aromatic rings. The lowest BCUT2D eigenvalue weighted by atomic mass is 10.2. The molecule has 1 amide bonds. The maximum absolute atomic E-state index is 12.5. The first-order valence-corrected chi connectivity index (χ1v) is 8.80. The van der Waals surface area contributed by atoms with Crippen LogP contribution in [0.25, 0.3) is 10.2 Å². The third-order valence-corrected chi connectivity index (χ3v) is 4.96. The lowest BCUT2D eigenvalue weighted by Crippen LogP contribution is -2.19. The molecule has 0 aliphatic rings. The maximum Gasteiger partial charge on any atom is 0.279 e. The molecule has 3 rings (SSSR count). The van der Waals surface area contributed by atoms with Gasteiger partial charge in [0.25, 0.3) is 11.6 Å². The molecule has 0 bridgehead atoms. The van der Waals surface area contributed by atoms with E-state index in [0.29, 0.717) is 34.1 Å². The largest absolute Gasteiger partial charge is 0.383 e. The van der Waals surface area contributed by atoms with Crippen LogP contribution in [-0.4, -0.2) is 29.1 Å². The highest BCUT2D eigenvalue weighted by Gasteiger charge is 2.13. The van der Waals surface area contributed by atoms with Crippen LogP contribution in [0.4, 0.5) is 5.69 Å². The lowest BCUT2D eigenvalue weighted by Gasteiger charge is -2.04. The number of benzene rings is 2. The molecule has 0 saturated carbocycles. The Hall–Kier alpha value is -2.55. The van der Waals surface area contributed by atoms with Gasteiger partial charge in [-0.2, -0.15) is 4.99 Å². The van der Waals surface area contributed by atoms with E-state index in [2.05, 4.69) is 4.99 Å². The summed E-state index contributed by atoms with van der Waals surface area (Å²) in [5, 5.41) is 11.5. The van der Waals surface area contributed by atoms with E-state index in [1.54, 1.807) is 42.0 Å². The molecule has 2 aromatic carbocycles. The van der Waals surface area contributed by atoms with Crippen molar-refractivity contribution in [3.05, 3.63) is 68.0 Å². The van der Waals surface area contributed by atoms with Crippen LogP contribution in [-0.2, 0) is 11.3 Å². The Bertz CT molecular complexity index is 1060. The molecule has 134 valence electrons. The number of hydrogen-bond donors (Lipinski definition) is 0. The Balaban J connectivity index is 2.14. The van der Waals surface area contributed by atoms with Gasteiger partial charge in [-0.25, -0.2) is 0 Å². The predicted octanol–water partition coefficient (Wildman–Crippen LogP) is 3.65. The summed E-state index contributed by atoms with van der Waals surface area (Å²) in [5.41, 5.74) is 0.993. The number of thiazole rings is 1. The molecular weight excluding hydrogens is 378 g/mol. The van der Waals surface area contributed by atoms with Crippen molar-refractivity contribution in [1.29, 1.82) is 0 Å². The summed E-state index contributed by atoms with van der Waals surface area (Å²) in [6, 6.07) is 11.1. The fourth-order valence-corrected chi connectivity index (χ4v) is 3.65. The normalized spacial score (nSPS) is 11.8. The molecule has 0 atom stereocenters. The topological polar surface area (TPSA) is 86.7 Å². The van der Waals surface area contributed by atoms with Crippen molar-refractivity contribution in [3.8, 4) is 0 Å². The third-order valence-electron chi connectivity index (χ3n) is 3.66. The van der Waals surface area contributed by atoms with E-state index in [1.165, 1.54) is 23.5 Å². The zero-order chi connectivity index (χ0) is 18.7. The average molecular weight is 392 g/mol. The smallest absolute Gasteiger partial charge is 0.279 e. The minimum absolute atomic E-state index is 0.0193. The van der Waals surface area contributed by atoms with Gasteiger partial charge in [0.15, 0.2) is 4.80 Å². The molecule has 0 fully saturated rings. The fourth-order valence-electron chi connectivity index (χ4n) is 2.43. The van der Waals surface area contributed by atoms with Crippen LogP contribution < -0.4 is 4.80 Å². The van der Waals surface area contributed by atoms with Crippen molar-refractivity contribution < 1.29 is 14.5 Å². The maximum atomic E-state index is 12.5. The molecule has 1 aromatic heterocycles. The summed E-state index contributed by atoms with van der Waals surface area (Å²) >= 11 is 7.21. The van der Waals surface area contributed by atoms with Gasteiger partial charge in [0.2, 0.25) is 0 Å². The molecular formula is C17H14ClN3O4S. The predicted molar refractivity (Wildman–Crippen MR) is 99.7 cm³/mol. The minimum atomic E-state index is -0.453. The minimum Gasteiger partial charge on any atom is -0.383 e. The zero-order valence-electron chi connectivity index (χ0n) is 13.7. The number of nitrogens with zero attached hydrogens (tertiary/aromatic N) is 3. The number of rotatable bonds is 5. The van der Waals surface area contributed by atoms with Crippen LogP contribution >= 0.6 is 22.9 Å². The molecule has 9 heteroatoms. The van der Waals surface area contributed by atoms with E-state index in [0.717, 1.165) is 4.70 Å². The van der Waals surface area contributed by atoms with Crippen molar-refractivity contribution >= 4 is 44.7 Å². The summed E-state index contributed by atoms with van der Waals surface area (Å²) in [6.07, 6.45) is 0. The summed E-state index contributed by atoms with van der Waals surface area (Å²) in [7, 11) is 1.56. The van der Waals surface area contributed by atoms with Gasteiger partial charge < -0.3 is 9.30 Å². The van der Waals surface area contributed by atoms with Gasteiger partial charge >= 0.3 is 0 Å². The molecule has 26 heavy (non-hydrogen) atoms. The first kappa shape index (κ1) is 18.2. The number of amides is 1. The number of methoxy groups -OCH3 is 1. The Labute approximate surface area is 157 Å². The molecule has 0 N–H and O–H groups in total. The van der Waals surface area contributed by atoms with Crippen LogP contribution in [0.3, 0.4) is 0 Å². The van der Waals surface area contributed by atoms with Gasteiger partial charge in [0, 0.05) is 36.4 Å². The van der Waals surface area contributed by atoms with E-state index in [1.807, 2.05) is 0 Å². The zero-order valence-corrected chi connectivity index (χ0v) is 15.3. The molecule has 7 nitrogen and oxygen atoms in total. The summed E-state index contributed by atoms with van der Waals surface area (Å²) in [4.78, 5) is 27.7. The van der Waals surface area contributed by atoms with Crippen molar-refractivity contribution in [2.75, 3.05) is 13.7 Å². The van der Waals surface area contributed by atoms with Gasteiger partial charge in [0.1, 0.15) is 0 Å². The third kappa shape index (κ3) is 3.82. The second-order valence-corrected chi connectivity index (χ2v) is 6.81. The first-order valence-electron chi connectivity index (χ1n) is 7.61. The highest BCUT2D eigenvalue weighted by atomic mass is 35.5. The second-order valence-electron chi connectivity index (χ2n) is 5.37. The van der Waals surface area contributed by atoms with E-state index in [-0.39, 0.29) is 5.69 Å². The number of carbonyl (C=O) groups excluding carboxylic acids is 1. The molecule has 0 aliphatic carbocycles. The number of aromatic nitrogens is 1. The number of halogens is 1. The second kappa shape index (κ2) is 7.77. The highest BCUT2D eigenvalue weighted by molar-refractivity contribution is 7.16. The summed E-state index contributed by atoms with van der Waals surface area (Å²) in [6.45, 7) is 0.798. The number of fused-ring (bicyclic) bond motifs is 1. The van der Waals surface area contributed by atoms with E-state index in [9.17, 15) is 14.9 Å². The van der Waals surface area contributed by atoms with E-state index in [4.69, 9.17) is 16.3 Å². The van der Waals surface area contributed by atoms with Gasteiger partial charge in [-0.3, -0.25) is 14.9 Å². The van der Waals surface area contributed by atoms with Crippen LogP contribution in [0.15, 0.2) is 47.5 Å². The highest BCUT2D eigenvalue weighted by Crippen LogP contribution is 2.23. The quantitative estimate of drug-likeness (QED) is 0.490. The number of nitro benzene ring substituents is 1. The number of non-ortho nitro benzene ring substituents is 1. The Morgan fingerprint density at radius 1 is 1.35 bits per heavy atom. The number of carbonyl (C=O) groups is 1. The Morgan fingerprint density at radius 3 is 2.85 bits per heavy atom. The fraction of sp³-hybridized carbons (Fsp3) is 0.176. The van der Waals surface area contributed by atoms with E-state index < -0.39 is 10.8 Å². The van der Waals surface area contributed by atoms with Gasteiger partial charge in [-0.05, 0) is 24.3 Å². The lowest BCUT2D eigenvalue weighted by molar-refractivity contribution is -0.384. The SMILES string of the molecule is COCCn1c(=NC(=O)c2cccc(Cl)c2)sc2ccc([N+](=O)[O-])cc21. The molecule has 0 saturated heterocycles. The molecule has 0 aliphatic heterocycles. The van der Waals surface area contributed by atoms with Crippen molar-refractivity contribution in [1.82, 2.24) is 4.57 Å². The standard InChI is InChI=1S/C17H14ClN3O4S/c1-25-8-7-20-14-10-13(21(23)24)5-6-15(14)26-17(20)19-16(22)11-3-2-4-12(18)9-11/h2-6,9-10H,7-8H2,1H3. The van der Waals surface area contributed by atoms with Gasteiger partial charge in [-0.15, -0.1) is 0 Å². The van der Waals surface area contributed by atoms with Crippen molar-refractivity contribution in [2.45, 2.75) is 6.54 Å². The van der Waals surface area contributed by atoms with Crippen LogP contribution in [0.5, 0.6) is 0 Å². The molecule has 0 unspecified atom stereocenters. The molecule has 0 spiro atoms. The number of hydrogen-bond acceptors (Lipinski definition) is 5. The Kier molecular flexibility index (Phi) is 5.46. The van der Waals surface area contributed by atoms with Crippen molar-refractivity contribution in [3.63, 3.8) is 0 Å². The monoisotopic (exact) mass is 391 g/mol. The van der Waals surface area contributed by atoms with Crippen LogP contribution in [0.2, 0.25) is 5.02 Å². The van der Waals surface area contributed by atoms with E-state index >= 15 is 0 Å². The molecule has 0 radical (unpaired) electrons. The van der Waals surface area contributed by atoms with Crippen molar-refractivity contribution in [2.24, 2.45) is 4.99 Å². The van der Waals surface area contributed by atoms with Gasteiger partial charge in [-0.1, -0.05) is 29.0 Å². The van der Waals surface area contributed by atoms with Gasteiger partial charge in [0.05, 0.1) is 21.7 Å². The Morgan fingerprint density at radius 2 is 2.15 bits per heavy atom. The number of ether oxygens (including phenoxy) is 1.